The molecule has 188 valence electrons. The third kappa shape index (κ3) is 5.02. The second-order valence-corrected chi connectivity index (χ2v) is 9.71. The fourth-order valence-electron chi connectivity index (χ4n) is 4.57. The molecular weight excluding hydrogens is 483 g/mol. The van der Waals surface area contributed by atoms with Gasteiger partial charge in [0.25, 0.3) is 5.91 Å². The summed E-state index contributed by atoms with van der Waals surface area (Å²) < 4.78 is 30.0. The van der Waals surface area contributed by atoms with Crippen molar-refractivity contribution >= 4 is 23.2 Å². The van der Waals surface area contributed by atoms with Crippen molar-refractivity contribution in [1.82, 2.24) is 9.80 Å². The zero-order valence-corrected chi connectivity index (χ0v) is 20.8. The molecule has 7 nitrogen and oxygen atoms in total. The van der Waals surface area contributed by atoms with Gasteiger partial charge in [0.05, 0.1) is 6.04 Å². The number of carbonyl (C=O) groups is 2. The summed E-state index contributed by atoms with van der Waals surface area (Å²) >= 11 is 1.67. The predicted octanol–water partition coefficient (Wildman–Crippen LogP) is 4.67. The zero-order valence-electron chi connectivity index (χ0n) is 19.9. The highest BCUT2D eigenvalue weighted by molar-refractivity contribution is 7.10. The van der Waals surface area contributed by atoms with Crippen molar-refractivity contribution in [3.8, 4) is 17.2 Å². The van der Waals surface area contributed by atoms with E-state index < -0.39 is 0 Å². The third-order valence-corrected chi connectivity index (χ3v) is 7.36. The Morgan fingerprint density at radius 3 is 2.75 bits per heavy atom. The van der Waals surface area contributed by atoms with Gasteiger partial charge in [0, 0.05) is 23.5 Å². The summed E-state index contributed by atoms with van der Waals surface area (Å²) in [6.07, 6.45) is 1.48. The van der Waals surface area contributed by atoms with Crippen molar-refractivity contribution in [2.75, 3.05) is 33.0 Å². The van der Waals surface area contributed by atoms with Gasteiger partial charge < -0.3 is 24.0 Å². The Bertz CT molecular complexity index is 1250. The quantitative estimate of drug-likeness (QED) is 0.441. The number of ether oxygens (including phenoxy) is 3. The van der Waals surface area contributed by atoms with E-state index in [1.807, 2.05) is 18.4 Å². The average Bonchev–Trinajstić information content (AvgIpc) is 3.56. The van der Waals surface area contributed by atoms with E-state index in [0.29, 0.717) is 35.9 Å². The summed E-state index contributed by atoms with van der Waals surface area (Å²) in [6, 6.07) is 12.7. The summed E-state index contributed by atoms with van der Waals surface area (Å²) in [6.45, 7) is 3.31. The van der Waals surface area contributed by atoms with Crippen molar-refractivity contribution in [2.45, 2.75) is 25.8 Å². The molecule has 0 spiro atoms. The molecule has 0 radical (unpaired) electrons. The van der Waals surface area contributed by atoms with Crippen LogP contribution in [-0.4, -0.2) is 54.6 Å². The summed E-state index contributed by atoms with van der Waals surface area (Å²) in [5.41, 5.74) is 1.52. The molecule has 3 aromatic rings. The first-order valence-electron chi connectivity index (χ1n) is 12.0. The van der Waals surface area contributed by atoms with E-state index in [4.69, 9.17) is 14.2 Å². The third-order valence-electron chi connectivity index (χ3n) is 6.36. The maximum atomic E-state index is 13.6. The van der Waals surface area contributed by atoms with Gasteiger partial charge in [-0.05, 0) is 72.3 Å². The molecule has 3 heterocycles. The van der Waals surface area contributed by atoms with Gasteiger partial charge in [-0.25, -0.2) is 4.39 Å². The summed E-state index contributed by atoms with van der Waals surface area (Å²) in [7, 11) is 0. The van der Waals surface area contributed by atoms with Gasteiger partial charge in [-0.1, -0.05) is 6.92 Å². The highest BCUT2D eigenvalue weighted by Gasteiger charge is 2.33. The van der Waals surface area contributed by atoms with Crippen LogP contribution in [0.3, 0.4) is 0 Å². The molecule has 36 heavy (non-hydrogen) atoms. The van der Waals surface area contributed by atoms with Crippen LogP contribution in [0.4, 0.5) is 4.39 Å². The Hall–Kier alpha value is -3.59. The number of rotatable bonds is 8. The van der Waals surface area contributed by atoms with Crippen molar-refractivity contribution in [2.24, 2.45) is 0 Å². The van der Waals surface area contributed by atoms with Crippen LogP contribution in [0.2, 0.25) is 0 Å². The molecule has 0 aliphatic carbocycles. The van der Waals surface area contributed by atoms with E-state index in [1.54, 1.807) is 51.5 Å². The number of amides is 2. The molecule has 2 aliphatic heterocycles. The largest absolute Gasteiger partial charge is 0.491 e. The predicted molar refractivity (Wildman–Crippen MR) is 133 cm³/mol. The molecule has 1 aromatic heterocycles. The number of thiophene rings is 1. The maximum absolute atomic E-state index is 13.6. The van der Waals surface area contributed by atoms with Gasteiger partial charge in [0.1, 0.15) is 24.7 Å². The molecule has 5 rings (SSSR count). The Labute approximate surface area is 213 Å². The van der Waals surface area contributed by atoms with Crippen LogP contribution in [0.25, 0.3) is 0 Å². The van der Waals surface area contributed by atoms with E-state index in [2.05, 4.69) is 0 Å². The van der Waals surface area contributed by atoms with E-state index in [9.17, 15) is 14.0 Å². The van der Waals surface area contributed by atoms with Gasteiger partial charge in [-0.15, -0.1) is 11.3 Å². The SMILES string of the molecule is CCCN(CC(=O)N1CCc2sccc2[C@H]1COc1ccc(F)cc1)C(=O)c1ccc2c(c1)OCO2. The van der Waals surface area contributed by atoms with Crippen LogP contribution in [-0.2, 0) is 11.2 Å². The van der Waals surface area contributed by atoms with Crippen molar-refractivity contribution in [1.29, 1.82) is 0 Å². The van der Waals surface area contributed by atoms with Gasteiger partial charge in [-0.3, -0.25) is 9.59 Å². The molecule has 0 fully saturated rings. The van der Waals surface area contributed by atoms with Crippen molar-refractivity contribution < 1.29 is 28.2 Å². The molecular formula is C27H27FN2O5S. The Balaban J connectivity index is 1.32. The van der Waals surface area contributed by atoms with Crippen LogP contribution in [0.5, 0.6) is 17.2 Å². The van der Waals surface area contributed by atoms with Crippen LogP contribution >= 0.6 is 11.3 Å². The van der Waals surface area contributed by atoms with Gasteiger partial charge in [-0.2, -0.15) is 0 Å². The number of halogens is 1. The minimum Gasteiger partial charge on any atom is -0.491 e. The summed E-state index contributed by atoms with van der Waals surface area (Å²) in [5.74, 6) is 0.978. The first-order chi connectivity index (χ1) is 17.5. The minimum absolute atomic E-state index is 0.0341. The van der Waals surface area contributed by atoms with E-state index in [1.165, 1.54) is 17.0 Å². The lowest BCUT2D eigenvalue weighted by Crippen LogP contribution is -2.48. The molecule has 0 saturated carbocycles. The molecule has 0 saturated heterocycles. The Morgan fingerprint density at radius 1 is 1.14 bits per heavy atom. The number of benzene rings is 2. The molecule has 2 aromatic carbocycles. The van der Waals surface area contributed by atoms with Crippen LogP contribution in [0, 0.1) is 5.82 Å². The van der Waals surface area contributed by atoms with Crippen LogP contribution < -0.4 is 14.2 Å². The Kier molecular flexibility index (Phi) is 7.09. The number of hydrogen-bond acceptors (Lipinski definition) is 6. The maximum Gasteiger partial charge on any atom is 0.254 e. The Morgan fingerprint density at radius 2 is 1.94 bits per heavy atom. The number of fused-ring (bicyclic) bond motifs is 2. The molecule has 1 atom stereocenters. The summed E-state index contributed by atoms with van der Waals surface area (Å²) in [5, 5.41) is 2.02. The highest BCUT2D eigenvalue weighted by atomic mass is 32.1. The van der Waals surface area contributed by atoms with Crippen LogP contribution in [0.1, 0.15) is 40.2 Å². The molecule has 9 heteroatoms. The first kappa shape index (κ1) is 24.1. The van der Waals surface area contributed by atoms with E-state index >= 15 is 0 Å². The van der Waals surface area contributed by atoms with Crippen molar-refractivity contribution in [3.05, 3.63) is 75.7 Å². The fraction of sp³-hybridized carbons (Fsp3) is 0.333. The smallest absolute Gasteiger partial charge is 0.254 e. The summed E-state index contributed by atoms with van der Waals surface area (Å²) in [4.78, 5) is 31.5. The minimum atomic E-state index is -0.333. The van der Waals surface area contributed by atoms with E-state index in [0.717, 1.165) is 18.4 Å². The van der Waals surface area contributed by atoms with Gasteiger partial charge >= 0.3 is 0 Å². The second-order valence-electron chi connectivity index (χ2n) is 8.71. The monoisotopic (exact) mass is 510 g/mol. The van der Waals surface area contributed by atoms with Crippen molar-refractivity contribution in [3.63, 3.8) is 0 Å². The highest BCUT2D eigenvalue weighted by Crippen LogP contribution is 2.35. The molecule has 0 bridgehead atoms. The van der Waals surface area contributed by atoms with Gasteiger partial charge in [0.15, 0.2) is 11.5 Å². The lowest BCUT2D eigenvalue weighted by atomic mass is 10.0. The second kappa shape index (κ2) is 10.6. The average molecular weight is 511 g/mol. The first-order valence-corrected chi connectivity index (χ1v) is 12.8. The number of nitrogens with zero attached hydrogens (tertiary/aromatic N) is 2. The topological polar surface area (TPSA) is 68.3 Å². The molecule has 2 aliphatic rings. The van der Waals surface area contributed by atoms with Gasteiger partial charge in [0.2, 0.25) is 12.7 Å². The standard InChI is InChI=1S/C27H27FN2O5S/c1-2-11-29(27(32)18-3-8-23-24(14-18)35-17-34-23)15-26(31)30-12-9-25-21(10-13-36-25)22(30)16-33-20-6-4-19(28)5-7-20/h3-8,10,13-14,22H,2,9,11-12,15-17H2,1H3/t22-/m1/s1. The van der Waals surface area contributed by atoms with Crippen LogP contribution in [0.15, 0.2) is 53.9 Å². The van der Waals surface area contributed by atoms with E-state index in [-0.39, 0.29) is 43.6 Å². The molecule has 0 unspecified atom stereocenters. The fourth-order valence-corrected chi connectivity index (χ4v) is 5.50. The normalized spacial score (nSPS) is 15.9. The lowest BCUT2D eigenvalue weighted by Gasteiger charge is -2.37. The number of carbonyl (C=O) groups excluding carboxylic acids is 2. The molecule has 0 N–H and O–H groups in total. The molecule has 2 amide bonds. The number of hydrogen-bond donors (Lipinski definition) is 0. The zero-order chi connectivity index (χ0) is 25.1. The lowest BCUT2D eigenvalue weighted by molar-refractivity contribution is -0.135.